The Kier molecular flexibility index (Phi) is 9.23. The summed E-state index contributed by atoms with van der Waals surface area (Å²) in [5, 5.41) is 11.7. The van der Waals surface area contributed by atoms with E-state index in [-0.39, 0.29) is 31.2 Å². The van der Waals surface area contributed by atoms with Crippen molar-refractivity contribution in [3.8, 4) is 11.5 Å². The highest BCUT2D eigenvalue weighted by molar-refractivity contribution is 7.09. The number of aliphatic hydroxyl groups excluding tert-OH is 1. The predicted octanol–water partition coefficient (Wildman–Crippen LogP) is 3.34. The van der Waals surface area contributed by atoms with Gasteiger partial charge in [-0.25, -0.2) is 9.37 Å². The van der Waals surface area contributed by atoms with Crippen molar-refractivity contribution in [2.24, 2.45) is 0 Å². The molecule has 0 radical (unpaired) electrons. The van der Waals surface area contributed by atoms with E-state index in [4.69, 9.17) is 14.2 Å². The highest BCUT2D eigenvalue weighted by atomic mass is 32.1. The summed E-state index contributed by atoms with van der Waals surface area (Å²) in [7, 11) is 1.56. The molecule has 1 aliphatic rings. The van der Waals surface area contributed by atoms with E-state index in [9.17, 15) is 14.3 Å². The standard InChI is InChI=1S/C26H30FN3O5S/c1-33-23-7-6-19(14-24(23)35-17-25-28-20(16-31)18-36-25)15-30(9-8-29-10-12-34-13-11-29)26(32)21-4-2-3-5-22(21)27/h2-7,14,18,31H,8-13,15-17H2,1H3. The summed E-state index contributed by atoms with van der Waals surface area (Å²) in [5.41, 5.74) is 1.47. The van der Waals surface area contributed by atoms with E-state index in [1.54, 1.807) is 35.6 Å². The van der Waals surface area contributed by atoms with Gasteiger partial charge in [0.15, 0.2) is 11.5 Å². The first kappa shape index (κ1) is 26.0. The van der Waals surface area contributed by atoms with Gasteiger partial charge in [-0.1, -0.05) is 18.2 Å². The number of aliphatic hydroxyl groups is 1. The smallest absolute Gasteiger partial charge is 0.257 e. The molecule has 4 rings (SSSR count). The molecule has 0 atom stereocenters. The summed E-state index contributed by atoms with van der Waals surface area (Å²) in [6.07, 6.45) is 0. The number of methoxy groups -OCH3 is 1. The molecule has 1 N–H and O–H groups in total. The number of hydrogen-bond acceptors (Lipinski definition) is 8. The van der Waals surface area contributed by atoms with Crippen molar-refractivity contribution in [1.29, 1.82) is 0 Å². The summed E-state index contributed by atoms with van der Waals surface area (Å²) < 4.78 is 31.3. The van der Waals surface area contributed by atoms with Crippen molar-refractivity contribution in [3.05, 3.63) is 75.5 Å². The van der Waals surface area contributed by atoms with Crippen LogP contribution in [0.25, 0.3) is 0 Å². The molecule has 1 saturated heterocycles. The van der Waals surface area contributed by atoms with Crippen LogP contribution in [0.15, 0.2) is 47.8 Å². The van der Waals surface area contributed by atoms with Gasteiger partial charge in [-0.15, -0.1) is 11.3 Å². The molecule has 0 spiro atoms. The number of halogens is 1. The van der Waals surface area contributed by atoms with Crippen LogP contribution in [0, 0.1) is 5.82 Å². The minimum atomic E-state index is -0.539. The minimum absolute atomic E-state index is 0.0490. The molecule has 2 aromatic carbocycles. The molecule has 192 valence electrons. The summed E-state index contributed by atoms with van der Waals surface area (Å²) >= 11 is 1.41. The van der Waals surface area contributed by atoms with Crippen molar-refractivity contribution in [2.45, 2.75) is 19.8 Å². The van der Waals surface area contributed by atoms with Gasteiger partial charge in [0.05, 0.1) is 38.2 Å². The molecule has 2 heterocycles. The Balaban J connectivity index is 1.51. The first-order valence-corrected chi connectivity index (χ1v) is 12.6. The topological polar surface area (TPSA) is 84.4 Å². The quantitative estimate of drug-likeness (QED) is 0.419. The molecule has 1 fully saturated rings. The van der Waals surface area contributed by atoms with Crippen molar-refractivity contribution in [3.63, 3.8) is 0 Å². The number of benzene rings is 2. The second kappa shape index (κ2) is 12.8. The van der Waals surface area contributed by atoms with Crippen LogP contribution >= 0.6 is 11.3 Å². The molecule has 1 aliphatic heterocycles. The molecule has 8 nitrogen and oxygen atoms in total. The minimum Gasteiger partial charge on any atom is -0.493 e. The number of carbonyl (C=O) groups excluding carboxylic acids is 1. The number of nitrogens with zero attached hydrogens (tertiary/aromatic N) is 3. The van der Waals surface area contributed by atoms with E-state index < -0.39 is 5.82 Å². The zero-order valence-electron chi connectivity index (χ0n) is 20.2. The first-order chi connectivity index (χ1) is 17.6. The Morgan fingerprint density at radius 2 is 2.03 bits per heavy atom. The van der Waals surface area contributed by atoms with Crippen LogP contribution in [-0.2, 0) is 24.5 Å². The lowest BCUT2D eigenvalue weighted by molar-refractivity contribution is 0.0319. The number of ether oxygens (including phenoxy) is 3. The number of hydrogen-bond donors (Lipinski definition) is 1. The van der Waals surface area contributed by atoms with Crippen LogP contribution < -0.4 is 9.47 Å². The summed E-state index contributed by atoms with van der Waals surface area (Å²) in [4.78, 5) is 21.6. The van der Waals surface area contributed by atoms with Gasteiger partial charge in [0.2, 0.25) is 0 Å². The van der Waals surface area contributed by atoms with E-state index in [1.807, 2.05) is 12.1 Å². The second-order valence-electron chi connectivity index (χ2n) is 8.33. The van der Waals surface area contributed by atoms with Crippen molar-refractivity contribution in [1.82, 2.24) is 14.8 Å². The predicted molar refractivity (Wildman–Crippen MR) is 134 cm³/mol. The van der Waals surface area contributed by atoms with Crippen molar-refractivity contribution >= 4 is 17.2 Å². The molecule has 0 saturated carbocycles. The number of aromatic nitrogens is 1. The average Bonchev–Trinajstić information content (AvgIpc) is 3.38. The summed E-state index contributed by atoms with van der Waals surface area (Å²) in [6.45, 7) is 4.43. The number of amides is 1. The van der Waals surface area contributed by atoms with E-state index in [2.05, 4.69) is 9.88 Å². The lowest BCUT2D eigenvalue weighted by Gasteiger charge is -2.30. The number of morpholine rings is 1. The van der Waals surface area contributed by atoms with Crippen molar-refractivity contribution < 1.29 is 28.5 Å². The molecular weight excluding hydrogens is 485 g/mol. The zero-order chi connectivity index (χ0) is 25.3. The van der Waals surface area contributed by atoms with Gasteiger partial charge in [-0.3, -0.25) is 9.69 Å². The van der Waals surface area contributed by atoms with E-state index in [1.165, 1.54) is 23.5 Å². The fraction of sp³-hybridized carbons (Fsp3) is 0.385. The van der Waals surface area contributed by atoms with Gasteiger partial charge in [0.1, 0.15) is 17.4 Å². The maximum absolute atomic E-state index is 14.5. The molecule has 1 amide bonds. The van der Waals surface area contributed by atoms with Gasteiger partial charge < -0.3 is 24.2 Å². The van der Waals surface area contributed by atoms with Crippen LogP contribution in [0.2, 0.25) is 0 Å². The molecule has 0 aliphatic carbocycles. The van der Waals surface area contributed by atoms with Gasteiger partial charge >= 0.3 is 0 Å². The van der Waals surface area contributed by atoms with Crippen LogP contribution in [0.5, 0.6) is 11.5 Å². The number of rotatable bonds is 11. The van der Waals surface area contributed by atoms with Gasteiger partial charge in [-0.05, 0) is 29.8 Å². The van der Waals surface area contributed by atoms with Crippen LogP contribution in [-0.4, -0.2) is 72.3 Å². The SMILES string of the molecule is COc1ccc(CN(CCN2CCOCC2)C(=O)c2ccccc2F)cc1OCc1nc(CO)cs1. The van der Waals surface area contributed by atoms with Gasteiger partial charge in [0.25, 0.3) is 5.91 Å². The lowest BCUT2D eigenvalue weighted by atomic mass is 10.1. The normalized spacial score (nSPS) is 14.0. The second-order valence-corrected chi connectivity index (χ2v) is 9.27. The summed E-state index contributed by atoms with van der Waals surface area (Å²) in [6, 6.07) is 11.5. The highest BCUT2D eigenvalue weighted by Gasteiger charge is 2.21. The monoisotopic (exact) mass is 515 g/mol. The van der Waals surface area contributed by atoms with Crippen LogP contribution in [0.4, 0.5) is 4.39 Å². The van der Waals surface area contributed by atoms with Crippen LogP contribution in [0.1, 0.15) is 26.6 Å². The third-order valence-corrected chi connectivity index (χ3v) is 6.77. The number of thiazole rings is 1. The van der Waals surface area contributed by atoms with Gasteiger partial charge in [-0.2, -0.15) is 0 Å². The molecule has 0 unspecified atom stereocenters. The molecule has 0 bridgehead atoms. The molecule has 3 aromatic rings. The Bertz CT molecular complexity index is 1150. The molecule has 10 heteroatoms. The molecule has 1 aromatic heterocycles. The van der Waals surface area contributed by atoms with E-state index >= 15 is 0 Å². The van der Waals surface area contributed by atoms with Crippen molar-refractivity contribution in [2.75, 3.05) is 46.5 Å². The maximum Gasteiger partial charge on any atom is 0.257 e. The van der Waals surface area contributed by atoms with E-state index in [0.717, 1.165) is 23.7 Å². The lowest BCUT2D eigenvalue weighted by Crippen LogP contribution is -2.43. The van der Waals surface area contributed by atoms with Gasteiger partial charge in [0, 0.05) is 38.1 Å². The van der Waals surface area contributed by atoms with Crippen LogP contribution in [0.3, 0.4) is 0 Å². The molecule has 36 heavy (non-hydrogen) atoms. The number of carbonyl (C=O) groups is 1. The maximum atomic E-state index is 14.5. The summed E-state index contributed by atoms with van der Waals surface area (Å²) in [5.74, 6) is 0.169. The Labute approximate surface area is 213 Å². The third kappa shape index (κ3) is 6.79. The first-order valence-electron chi connectivity index (χ1n) is 11.7. The zero-order valence-corrected chi connectivity index (χ0v) is 21.0. The largest absolute Gasteiger partial charge is 0.493 e. The van der Waals surface area contributed by atoms with E-state index in [0.29, 0.717) is 43.5 Å². The molecular formula is C26H30FN3O5S. The fourth-order valence-electron chi connectivity index (χ4n) is 3.92. The Morgan fingerprint density at radius 1 is 1.22 bits per heavy atom. The average molecular weight is 516 g/mol. The highest BCUT2D eigenvalue weighted by Crippen LogP contribution is 2.30. The Morgan fingerprint density at radius 3 is 2.75 bits per heavy atom. The Hall–Kier alpha value is -3.05. The fourth-order valence-corrected chi connectivity index (χ4v) is 4.62. The third-order valence-electron chi connectivity index (χ3n) is 5.90.